The second kappa shape index (κ2) is 9.82. The van der Waals surface area contributed by atoms with Gasteiger partial charge in [0.05, 0.1) is 19.3 Å². The Morgan fingerprint density at radius 1 is 1.21 bits per heavy atom. The minimum absolute atomic E-state index is 0.0554. The second-order valence-corrected chi connectivity index (χ2v) is 7.55. The first-order chi connectivity index (χ1) is 13.5. The van der Waals surface area contributed by atoms with Gasteiger partial charge in [0.2, 0.25) is 5.91 Å². The topological polar surface area (TPSA) is 70.7 Å². The molecule has 1 fully saturated rings. The third kappa shape index (κ3) is 5.64. The number of hydrogen-bond donors (Lipinski definition) is 2. The molecular weight excluding hydrogens is 422 g/mol. The number of rotatable bonds is 6. The maximum Gasteiger partial charge on any atom is 0.251 e. The number of carbonyl (C=O) groups is 2. The van der Waals surface area contributed by atoms with E-state index in [4.69, 9.17) is 4.74 Å². The number of morpholine rings is 1. The van der Waals surface area contributed by atoms with Gasteiger partial charge in [0.15, 0.2) is 0 Å². The molecule has 2 N–H and O–H groups in total. The van der Waals surface area contributed by atoms with Gasteiger partial charge in [-0.15, -0.1) is 0 Å². The predicted molar refractivity (Wildman–Crippen MR) is 112 cm³/mol. The lowest BCUT2D eigenvalue weighted by molar-refractivity contribution is -0.119. The summed E-state index contributed by atoms with van der Waals surface area (Å²) in [6.07, 6.45) is -0.0554. The van der Waals surface area contributed by atoms with E-state index in [2.05, 4.69) is 31.5 Å². The van der Waals surface area contributed by atoms with Crippen LogP contribution in [0.2, 0.25) is 0 Å². The Bertz CT molecular complexity index is 843. The summed E-state index contributed by atoms with van der Waals surface area (Å²) in [6, 6.07) is 15.0. The number of ether oxygens (including phenoxy) is 1. The van der Waals surface area contributed by atoms with Crippen LogP contribution in [0.5, 0.6) is 0 Å². The molecule has 1 heterocycles. The Balaban J connectivity index is 1.57. The highest BCUT2D eigenvalue weighted by Gasteiger charge is 2.23. The number of anilines is 1. The highest BCUT2D eigenvalue weighted by Crippen LogP contribution is 2.24. The molecule has 0 saturated carbocycles. The van der Waals surface area contributed by atoms with Gasteiger partial charge in [-0.2, -0.15) is 0 Å². The SMILES string of the molecule is CCNC(=O)c1cccc(NC(=O)CN2CCOC(c3cccc(Br)c3)C2)c1. The summed E-state index contributed by atoms with van der Waals surface area (Å²) in [5.41, 5.74) is 2.24. The van der Waals surface area contributed by atoms with Gasteiger partial charge in [0, 0.05) is 35.4 Å². The number of nitrogens with zero attached hydrogens (tertiary/aromatic N) is 1. The molecule has 0 aromatic heterocycles. The quantitative estimate of drug-likeness (QED) is 0.715. The lowest BCUT2D eigenvalue weighted by Crippen LogP contribution is -2.42. The van der Waals surface area contributed by atoms with Gasteiger partial charge in [-0.05, 0) is 42.8 Å². The van der Waals surface area contributed by atoms with E-state index >= 15 is 0 Å². The van der Waals surface area contributed by atoms with Crippen molar-refractivity contribution in [3.8, 4) is 0 Å². The molecule has 28 heavy (non-hydrogen) atoms. The fourth-order valence-electron chi connectivity index (χ4n) is 3.16. The Kier molecular flexibility index (Phi) is 7.19. The smallest absolute Gasteiger partial charge is 0.251 e. The third-order valence-electron chi connectivity index (χ3n) is 4.48. The summed E-state index contributed by atoms with van der Waals surface area (Å²) in [5, 5.41) is 5.64. The largest absolute Gasteiger partial charge is 0.371 e. The lowest BCUT2D eigenvalue weighted by Gasteiger charge is -2.32. The number of benzene rings is 2. The highest BCUT2D eigenvalue weighted by atomic mass is 79.9. The molecule has 3 rings (SSSR count). The molecule has 2 aromatic rings. The maximum atomic E-state index is 12.5. The zero-order valence-corrected chi connectivity index (χ0v) is 17.4. The minimum atomic E-state index is -0.149. The van der Waals surface area contributed by atoms with E-state index in [-0.39, 0.29) is 24.5 Å². The van der Waals surface area contributed by atoms with E-state index in [1.54, 1.807) is 24.3 Å². The summed E-state index contributed by atoms with van der Waals surface area (Å²) < 4.78 is 6.89. The summed E-state index contributed by atoms with van der Waals surface area (Å²) in [7, 11) is 0. The number of hydrogen-bond acceptors (Lipinski definition) is 4. The Hall–Kier alpha value is -2.22. The lowest BCUT2D eigenvalue weighted by atomic mass is 10.1. The van der Waals surface area contributed by atoms with Crippen molar-refractivity contribution in [1.82, 2.24) is 10.2 Å². The van der Waals surface area contributed by atoms with E-state index in [9.17, 15) is 9.59 Å². The monoisotopic (exact) mass is 445 g/mol. The Morgan fingerprint density at radius 2 is 2.04 bits per heavy atom. The van der Waals surface area contributed by atoms with Crippen molar-refractivity contribution in [3.05, 3.63) is 64.1 Å². The molecule has 0 radical (unpaired) electrons. The summed E-state index contributed by atoms with van der Waals surface area (Å²) in [4.78, 5) is 26.5. The molecule has 0 spiro atoms. The molecule has 7 heteroatoms. The molecule has 1 saturated heterocycles. The van der Waals surface area contributed by atoms with E-state index < -0.39 is 0 Å². The van der Waals surface area contributed by atoms with Gasteiger partial charge in [-0.1, -0.05) is 34.1 Å². The molecule has 2 amide bonds. The molecule has 1 aliphatic rings. The predicted octanol–water partition coefficient (Wildman–Crippen LogP) is 3.21. The van der Waals surface area contributed by atoms with E-state index in [0.717, 1.165) is 10.0 Å². The third-order valence-corrected chi connectivity index (χ3v) is 4.98. The van der Waals surface area contributed by atoms with Gasteiger partial charge < -0.3 is 15.4 Å². The second-order valence-electron chi connectivity index (χ2n) is 6.64. The van der Waals surface area contributed by atoms with Crippen molar-refractivity contribution in [2.24, 2.45) is 0 Å². The van der Waals surface area contributed by atoms with E-state index in [1.165, 1.54) is 0 Å². The van der Waals surface area contributed by atoms with E-state index in [0.29, 0.717) is 37.5 Å². The van der Waals surface area contributed by atoms with Crippen molar-refractivity contribution < 1.29 is 14.3 Å². The number of halogens is 1. The van der Waals surface area contributed by atoms with Crippen LogP contribution in [-0.2, 0) is 9.53 Å². The summed E-state index contributed by atoms with van der Waals surface area (Å²) >= 11 is 3.49. The Labute approximate surface area is 173 Å². The average Bonchev–Trinajstić information content (AvgIpc) is 2.68. The first kappa shape index (κ1) is 20.5. The zero-order valence-electron chi connectivity index (χ0n) is 15.8. The molecule has 1 aliphatic heterocycles. The van der Waals surface area contributed by atoms with E-state index in [1.807, 2.05) is 31.2 Å². The average molecular weight is 446 g/mol. The zero-order chi connectivity index (χ0) is 19.9. The van der Waals surface area contributed by atoms with Crippen LogP contribution < -0.4 is 10.6 Å². The van der Waals surface area contributed by atoms with Crippen molar-refractivity contribution in [2.75, 3.05) is 38.1 Å². The van der Waals surface area contributed by atoms with Crippen LogP contribution in [0.4, 0.5) is 5.69 Å². The molecule has 1 unspecified atom stereocenters. The van der Waals surface area contributed by atoms with Crippen LogP contribution in [0, 0.1) is 0 Å². The normalized spacial score (nSPS) is 17.1. The van der Waals surface area contributed by atoms with Crippen molar-refractivity contribution in [1.29, 1.82) is 0 Å². The van der Waals surface area contributed by atoms with Crippen LogP contribution in [-0.4, -0.2) is 49.5 Å². The molecule has 2 aromatic carbocycles. The number of nitrogens with one attached hydrogen (secondary N) is 2. The molecule has 0 aliphatic carbocycles. The molecular formula is C21H24BrN3O3. The first-order valence-corrected chi connectivity index (χ1v) is 10.1. The fraction of sp³-hybridized carbons (Fsp3) is 0.333. The van der Waals surface area contributed by atoms with Gasteiger partial charge >= 0.3 is 0 Å². The molecule has 1 atom stereocenters. The van der Waals surface area contributed by atoms with Crippen molar-refractivity contribution in [3.63, 3.8) is 0 Å². The van der Waals surface area contributed by atoms with Crippen LogP contribution >= 0.6 is 15.9 Å². The number of carbonyl (C=O) groups excluding carboxylic acids is 2. The standard InChI is InChI=1S/C21H24BrN3O3/c1-2-23-21(27)16-6-4-8-18(12-16)24-20(26)14-25-9-10-28-19(13-25)15-5-3-7-17(22)11-15/h3-8,11-12,19H,2,9-10,13-14H2,1H3,(H,23,27)(H,24,26). The van der Waals surface area contributed by atoms with Crippen LogP contribution in [0.25, 0.3) is 0 Å². The highest BCUT2D eigenvalue weighted by molar-refractivity contribution is 9.10. The maximum absolute atomic E-state index is 12.5. The summed E-state index contributed by atoms with van der Waals surface area (Å²) in [5.74, 6) is -0.258. The van der Waals surface area contributed by atoms with Crippen LogP contribution in [0.1, 0.15) is 28.9 Å². The first-order valence-electron chi connectivity index (χ1n) is 9.32. The molecule has 6 nitrogen and oxygen atoms in total. The van der Waals surface area contributed by atoms with Gasteiger partial charge in [0.25, 0.3) is 5.91 Å². The van der Waals surface area contributed by atoms with Gasteiger partial charge in [0.1, 0.15) is 0 Å². The van der Waals surface area contributed by atoms with Crippen LogP contribution in [0.15, 0.2) is 53.0 Å². The van der Waals surface area contributed by atoms with Crippen molar-refractivity contribution in [2.45, 2.75) is 13.0 Å². The molecule has 148 valence electrons. The van der Waals surface area contributed by atoms with Crippen molar-refractivity contribution >= 4 is 33.4 Å². The minimum Gasteiger partial charge on any atom is -0.371 e. The van der Waals surface area contributed by atoms with Crippen LogP contribution in [0.3, 0.4) is 0 Å². The van der Waals surface area contributed by atoms with Gasteiger partial charge in [-0.3, -0.25) is 14.5 Å². The summed E-state index contributed by atoms with van der Waals surface area (Å²) in [6.45, 7) is 4.65. The van der Waals surface area contributed by atoms with Gasteiger partial charge in [-0.25, -0.2) is 0 Å². The molecule has 0 bridgehead atoms. The number of amides is 2. The fourth-order valence-corrected chi connectivity index (χ4v) is 3.58. The Morgan fingerprint density at radius 3 is 2.82 bits per heavy atom.